The summed E-state index contributed by atoms with van der Waals surface area (Å²) in [6.07, 6.45) is 4.85. The third kappa shape index (κ3) is 4.39. The fourth-order valence-electron chi connectivity index (χ4n) is 3.47. The standard InChI is InChI=1S/C18H26ClN3O/c19-16-7-3-4-8-17(16)21-13-11-20(12-14-21)15-18(23)22-9-5-1-2-6-10-22/h3-4,7-8H,1-2,5-6,9-15H2. The fraction of sp³-hybridized carbons (Fsp3) is 0.611. The van der Waals surface area contributed by atoms with Gasteiger partial charge < -0.3 is 9.80 Å². The summed E-state index contributed by atoms with van der Waals surface area (Å²) in [5.74, 6) is 0.304. The molecule has 3 rings (SSSR count). The number of likely N-dealkylation sites (tertiary alicyclic amines) is 1. The number of para-hydroxylation sites is 1. The summed E-state index contributed by atoms with van der Waals surface area (Å²) in [5.41, 5.74) is 1.10. The van der Waals surface area contributed by atoms with Gasteiger partial charge in [0.05, 0.1) is 17.3 Å². The molecular formula is C18H26ClN3O. The molecule has 2 heterocycles. The number of hydrogen-bond donors (Lipinski definition) is 0. The summed E-state index contributed by atoms with van der Waals surface area (Å²) >= 11 is 6.28. The molecular weight excluding hydrogens is 310 g/mol. The van der Waals surface area contributed by atoms with Crippen LogP contribution in [-0.4, -0.2) is 61.5 Å². The maximum absolute atomic E-state index is 12.5. The van der Waals surface area contributed by atoms with E-state index in [-0.39, 0.29) is 0 Å². The van der Waals surface area contributed by atoms with Crippen LogP contribution in [0.15, 0.2) is 24.3 Å². The number of benzene rings is 1. The third-order valence-corrected chi connectivity index (χ3v) is 5.20. The van der Waals surface area contributed by atoms with Crippen molar-refractivity contribution < 1.29 is 4.79 Å². The Hall–Kier alpha value is -1.26. The lowest BCUT2D eigenvalue weighted by Gasteiger charge is -2.36. The third-order valence-electron chi connectivity index (χ3n) is 4.88. The highest BCUT2D eigenvalue weighted by Crippen LogP contribution is 2.26. The van der Waals surface area contributed by atoms with E-state index in [1.165, 1.54) is 12.8 Å². The second-order valence-electron chi connectivity index (χ2n) is 6.51. The Morgan fingerprint density at radius 3 is 2.22 bits per heavy atom. The Morgan fingerprint density at radius 2 is 1.57 bits per heavy atom. The van der Waals surface area contributed by atoms with Gasteiger partial charge in [0.2, 0.25) is 5.91 Å². The molecule has 0 atom stereocenters. The van der Waals surface area contributed by atoms with Crippen LogP contribution in [0.25, 0.3) is 0 Å². The van der Waals surface area contributed by atoms with Crippen LogP contribution in [0.4, 0.5) is 5.69 Å². The molecule has 0 aromatic heterocycles. The zero-order valence-corrected chi connectivity index (χ0v) is 14.5. The summed E-state index contributed by atoms with van der Waals surface area (Å²) in [4.78, 5) is 19.1. The minimum Gasteiger partial charge on any atom is -0.368 e. The smallest absolute Gasteiger partial charge is 0.236 e. The van der Waals surface area contributed by atoms with Crippen molar-refractivity contribution in [3.8, 4) is 0 Å². The number of nitrogens with zero attached hydrogens (tertiary/aromatic N) is 3. The number of carbonyl (C=O) groups excluding carboxylic acids is 1. The Morgan fingerprint density at radius 1 is 0.913 bits per heavy atom. The number of carbonyl (C=O) groups is 1. The Balaban J connectivity index is 1.49. The number of piperazine rings is 1. The molecule has 5 heteroatoms. The van der Waals surface area contributed by atoms with E-state index >= 15 is 0 Å². The zero-order valence-electron chi connectivity index (χ0n) is 13.7. The molecule has 1 amide bonds. The molecule has 0 aliphatic carbocycles. The van der Waals surface area contributed by atoms with Crippen molar-refractivity contribution in [2.24, 2.45) is 0 Å². The topological polar surface area (TPSA) is 26.8 Å². The molecule has 0 bridgehead atoms. The molecule has 0 spiro atoms. The van der Waals surface area contributed by atoms with E-state index in [4.69, 9.17) is 11.6 Å². The van der Waals surface area contributed by atoms with Gasteiger partial charge in [0.1, 0.15) is 0 Å². The van der Waals surface area contributed by atoms with Gasteiger partial charge in [0, 0.05) is 39.3 Å². The van der Waals surface area contributed by atoms with Gasteiger partial charge in [-0.2, -0.15) is 0 Å². The van der Waals surface area contributed by atoms with Crippen LogP contribution >= 0.6 is 11.6 Å². The number of halogens is 1. The van der Waals surface area contributed by atoms with Crippen LogP contribution in [0.3, 0.4) is 0 Å². The molecule has 4 nitrogen and oxygen atoms in total. The molecule has 2 fully saturated rings. The normalized spacial score (nSPS) is 20.4. The Bertz CT molecular complexity index is 521. The van der Waals surface area contributed by atoms with E-state index in [1.54, 1.807) is 0 Å². The Labute approximate surface area is 144 Å². The predicted molar refractivity (Wildman–Crippen MR) is 95.2 cm³/mol. The molecule has 1 aromatic rings. The quantitative estimate of drug-likeness (QED) is 0.849. The minimum atomic E-state index is 0.304. The van der Waals surface area contributed by atoms with Crippen molar-refractivity contribution in [3.05, 3.63) is 29.3 Å². The molecule has 2 saturated heterocycles. The molecule has 0 radical (unpaired) electrons. The number of amides is 1. The summed E-state index contributed by atoms with van der Waals surface area (Å²) in [5, 5.41) is 0.807. The maximum atomic E-state index is 12.5. The second-order valence-corrected chi connectivity index (χ2v) is 6.92. The largest absolute Gasteiger partial charge is 0.368 e. The van der Waals surface area contributed by atoms with Crippen LogP contribution in [0.2, 0.25) is 5.02 Å². The van der Waals surface area contributed by atoms with E-state index in [9.17, 15) is 4.79 Å². The summed E-state index contributed by atoms with van der Waals surface area (Å²) in [6, 6.07) is 7.99. The van der Waals surface area contributed by atoms with Gasteiger partial charge in [0.25, 0.3) is 0 Å². The van der Waals surface area contributed by atoms with Gasteiger partial charge in [-0.15, -0.1) is 0 Å². The molecule has 1 aromatic carbocycles. The van der Waals surface area contributed by atoms with Crippen molar-refractivity contribution >= 4 is 23.2 Å². The average molecular weight is 336 g/mol. The second kappa shape index (κ2) is 8.02. The molecule has 0 unspecified atom stereocenters. The van der Waals surface area contributed by atoms with Crippen molar-refractivity contribution in [1.82, 2.24) is 9.80 Å². The van der Waals surface area contributed by atoms with Crippen LogP contribution in [0.1, 0.15) is 25.7 Å². The van der Waals surface area contributed by atoms with E-state index < -0.39 is 0 Å². The van der Waals surface area contributed by atoms with Crippen LogP contribution in [0, 0.1) is 0 Å². The highest BCUT2D eigenvalue weighted by molar-refractivity contribution is 6.33. The molecule has 23 heavy (non-hydrogen) atoms. The summed E-state index contributed by atoms with van der Waals surface area (Å²) < 4.78 is 0. The van der Waals surface area contributed by atoms with Gasteiger partial charge in [-0.1, -0.05) is 36.6 Å². The first-order chi connectivity index (χ1) is 11.2. The predicted octanol–water partition coefficient (Wildman–Crippen LogP) is 2.86. The summed E-state index contributed by atoms with van der Waals surface area (Å²) in [7, 11) is 0. The lowest BCUT2D eigenvalue weighted by molar-refractivity contribution is -0.132. The van der Waals surface area contributed by atoms with Crippen molar-refractivity contribution in [3.63, 3.8) is 0 Å². The first kappa shape index (κ1) is 16.6. The van der Waals surface area contributed by atoms with Crippen LogP contribution < -0.4 is 4.90 Å². The van der Waals surface area contributed by atoms with E-state index in [1.807, 2.05) is 18.2 Å². The SMILES string of the molecule is O=C(CN1CCN(c2ccccc2Cl)CC1)N1CCCCCC1. The number of hydrogen-bond acceptors (Lipinski definition) is 3. The zero-order chi connectivity index (χ0) is 16.1. The van der Waals surface area contributed by atoms with Crippen LogP contribution in [-0.2, 0) is 4.79 Å². The summed E-state index contributed by atoms with van der Waals surface area (Å²) in [6.45, 7) is 6.15. The molecule has 0 saturated carbocycles. The van der Waals surface area contributed by atoms with E-state index in [0.29, 0.717) is 12.5 Å². The van der Waals surface area contributed by atoms with E-state index in [0.717, 1.165) is 62.8 Å². The Kier molecular flexibility index (Phi) is 5.79. The van der Waals surface area contributed by atoms with Crippen molar-refractivity contribution in [2.75, 3.05) is 50.7 Å². The fourth-order valence-corrected chi connectivity index (χ4v) is 3.72. The number of rotatable bonds is 3. The lowest BCUT2D eigenvalue weighted by Crippen LogP contribution is -2.50. The molecule has 2 aliphatic rings. The van der Waals surface area contributed by atoms with Gasteiger partial charge in [0.15, 0.2) is 0 Å². The first-order valence-corrected chi connectivity index (χ1v) is 9.11. The van der Waals surface area contributed by atoms with Gasteiger partial charge >= 0.3 is 0 Å². The molecule has 0 N–H and O–H groups in total. The van der Waals surface area contributed by atoms with E-state index in [2.05, 4.69) is 20.8 Å². The monoisotopic (exact) mass is 335 g/mol. The minimum absolute atomic E-state index is 0.304. The van der Waals surface area contributed by atoms with Gasteiger partial charge in [-0.25, -0.2) is 0 Å². The first-order valence-electron chi connectivity index (χ1n) is 8.73. The number of anilines is 1. The van der Waals surface area contributed by atoms with Crippen molar-refractivity contribution in [1.29, 1.82) is 0 Å². The van der Waals surface area contributed by atoms with Gasteiger partial charge in [-0.3, -0.25) is 9.69 Å². The highest BCUT2D eigenvalue weighted by atomic mass is 35.5. The van der Waals surface area contributed by atoms with Gasteiger partial charge in [-0.05, 0) is 25.0 Å². The van der Waals surface area contributed by atoms with Crippen LogP contribution in [0.5, 0.6) is 0 Å². The maximum Gasteiger partial charge on any atom is 0.236 e. The molecule has 2 aliphatic heterocycles. The molecule has 126 valence electrons. The average Bonchev–Trinajstić information content (AvgIpc) is 2.86. The lowest BCUT2D eigenvalue weighted by atomic mass is 10.2. The highest BCUT2D eigenvalue weighted by Gasteiger charge is 2.23. The van der Waals surface area contributed by atoms with Crippen molar-refractivity contribution in [2.45, 2.75) is 25.7 Å².